The number of pyridine rings is 1. The highest BCUT2D eigenvalue weighted by atomic mass is 16.3. The summed E-state index contributed by atoms with van der Waals surface area (Å²) in [7, 11) is 3.42. The van der Waals surface area contributed by atoms with E-state index in [2.05, 4.69) is 10.4 Å². The van der Waals surface area contributed by atoms with Crippen molar-refractivity contribution < 1.29 is 14.0 Å². The lowest BCUT2D eigenvalue weighted by atomic mass is 10.1. The Morgan fingerprint density at radius 1 is 1.00 bits per heavy atom. The quantitative estimate of drug-likeness (QED) is 0.374. The molecule has 0 fully saturated rings. The summed E-state index contributed by atoms with van der Waals surface area (Å²) < 4.78 is 7.21. The van der Waals surface area contributed by atoms with Crippen molar-refractivity contribution in [2.24, 2.45) is 0 Å². The standard InChI is InChI=1S/C28H25N5O3/c1-32(2)28(35)21-11-6-8-19(14-21)16-29-27(34)23-15-25(20-9-4-3-5-10-20)31-26-24(23)17-30-33(26)18-22-12-7-13-36-22/h3-15,17H,16,18H2,1-2H3,(H,29,34). The Morgan fingerprint density at radius 3 is 2.58 bits per heavy atom. The van der Waals surface area contributed by atoms with Gasteiger partial charge >= 0.3 is 0 Å². The number of furan rings is 1. The fourth-order valence-electron chi connectivity index (χ4n) is 4.01. The third-order valence-corrected chi connectivity index (χ3v) is 5.84. The molecular weight excluding hydrogens is 454 g/mol. The van der Waals surface area contributed by atoms with Gasteiger partial charge in [0.05, 0.1) is 29.1 Å². The topological polar surface area (TPSA) is 93.3 Å². The molecule has 0 aliphatic rings. The van der Waals surface area contributed by atoms with E-state index in [9.17, 15) is 9.59 Å². The summed E-state index contributed by atoms with van der Waals surface area (Å²) in [5.41, 5.74) is 4.05. The van der Waals surface area contributed by atoms with Crippen molar-refractivity contribution in [3.05, 3.63) is 108 Å². The first-order valence-corrected chi connectivity index (χ1v) is 11.5. The number of nitrogens with zero attached hydrogens (tertiary/aromatic N) is 4. The molecule has 0 bridgehead atoms. The van der Waals surface area contributed by atoms with Crippen molar-refractivity contribution in [1.82, 2.24) is 25.0 Å². The maximum absolute atomic E-state index is 13.4. The molecule has 8 heteroatoms. The second-order valence-corrected chi connectivity index (χ2v) is 8.62. The van der Waals surface area contributed by atoms with Crippen LogP contribution in [-0.2, 0) is 13.1 Å². The van der Waals surface area contributed by atoms with Gasteiger partial charge in [-0.05, 0) is 35.9 Å². The molecule has 3 heterocycles. The second kappa shape index (κ2) is 9.87. The number of amides is 2. The van der Waals surface area contributed by atoms with Crippen LogP contribution >= 0.6 is 0 Å². The fraction of sp³-hybridized carbons (Fsp3) is 0.143. The summed E-state index contributed by atoms with van der Waals surface area (Å²) in [5.74, 6) is 0.405. The third-order valence-electron chi connectivity index (χ3n) is 5.84. The third kappa shape index (κ3) is 4.74. The Kier molecular flexibility index (Phi) is 6.32. The Hall–Kier alpha value is -4.72. The zero-order valence-corrected chi connectivity index (χ0v) is 20.0. The minimum atomic E-state index is -0.249. The first-order chi connectivity index (χ1) is 17.5. The van der Waals surface area contributed by atoms with Gasteiger partial charge in [-0.15, -0.1) is 0 Å². The molecule has 36 heavy (non-hydrogen) atoms. The van der Waals surface area contributed by atoms with Crippen molar-refractivity contribution in [3.8, 4) is 11.3 Å². The number of hydrogen-bond acceptors (Lipinski definition) is 5. The van der Waals surface area contributed by atoms with Gasteiger partial charge in [-0.2, -0.15) is 5.10 Å². The molecule has 3 aromatic heterocycles. The molecule has 0 aliphatic carbocycles. The van der Waals surface area contributed by atoms with E-state index >= 15 is 0 Å². The Bertz CT molecular complexity index is 1520. The normalized spacial score (nSPS) is 10.9. The van der Waals surface area contributed by atoms with Crippen LogP contribution in [0.15, 0.2) is 89.7 Å². The highest BCUT2D eigenvalue weighted by molar-refractivity contribution is 6.06. The van der Waals surface area contributed by atoms with Gasteiger partial charge in [-0.3, -0.25) is 9.59 Å². The van der Waals surface area contributed by atoms with E-state index in [4.69, 9.17) is 9.40 Å². The van der Waals surface area contributed by atoms with Gasteiger partial charge in [-0.1, -0.05) is 42.5 Å². The van der Waals surface area contributed by atoms with Gasteiger partial charge < -0.3 is 14.6 Å². The number of rotatable bonds is 7. The summed E-state index contributed by atoms with van der Waals surface area (Å²) in [5, 5.41) is 8.12. The average molecular weight is 480 g/mol. The summed E-state index contributed by atoms with van der Waals surface area (Å²) >= 11 is 0. The molecule has 180 valence electrons. The molecule has 0 aliphatic heterocycles. The van der Waals surface area contributed by atoms with Crippen molar-refractivity contribution in [1.29, 1.82) is 0 Å². The SMILES string of the molecule is CN(C)C(=O)c1cccc(CNC(=O)c2cc(-c3ccccc3)nc3c2cnn3Cc2ccco2)c1. The van der Waals surface area contributed by atoms with Crippen molar-refractivity contribution in [2.45, 2.75) is 13.1 Å². The molecule has 0 radical (unpaired) electrons. The number of benzene rings is 2. The van der Waals surface area contributed by atoms with Crippen molar-refractivity contribution >= 4 is 22.8 Å². The van der Waals surface area contributed by atoms with E-state index in [1.165, 1.54) is 4.90 Å². The lowest BCUT2D eigenvalue weighted by molar-refractivity contribution is 0.0827. The van der Waals surface area contributed by atoms with E-state index in [0.29, 0.717) is 34.4 Å². The Morgan fingerprint density at radius 2 is 1.83 bits per heavy atom. The van der Waals surface area contributed by atoms with Crippen LogP contribution in [0.2, 0.25) is 0 Å². The number of nitrogens with one attached hydrogen (secondary N) is 1. The summed E-state index contributed by atoms with van der Waals surface area (Å²) in [6.07, 6.45) is 3.27. The van der Waals surface area contributed by atoms with Crippen LogP contribution in [0.4, 0.5) is 0 Å². The highest BCUT2D eigenvalue weighted by Gasteiger charge is 2.18. The molecule has 2 amide bonds. The van der Waals surface area contributed by atoms with Gasteiger partial charge in [0.1, 0.15) is 12.3 Å². The molecule has 0 unspecified atom stereocenters. The van der Waals surface area contributed by atoms with Crippen LogP contribution in [-0.4, -0.2) is 45.6 Å². The molecule has 1 N–H and O–H groups in total. The number of fused-ring (bicyclic) bond motifs is 1. The molecule has 0 saturated carbocycles. The molecular formula is C28H25N5O3. The van der Waals surface area contributed by atoms with Crippen molar-refractivity contribution in [3.63, 3.8) is 0 Å². The maximum atomic E-state index is 13.4. The monoisotopic (exact) mass is 479 g/mol. The molecule has 0 saturated heterocycles. The molecule has 0 spiro atoms. The summed E-state index contributed by atoms with van der Waals surface area (Å²) in [6, 6.07) is 22.5. The van der Waals surface area contributed by atoms with Gasteiger partial charge in [0, 0.05) is 31.8 Å². The van der Waals surface area contributed by atoms with Crippen LogP contribution < -0.4 is 5.32 Å². The number of aromatic nitrogens is 3. The van der Waals surface area contributed by atoms with Crippen LogP contribution in [0.3, 0.4) is 0 Å². The minimum Gasteiger partial charge on any atom is -0.467 e. The zero-order chi connectivity index (χ0) is 25.1. The predicted octanol–water partition coefficient (Wildman–Crippen LogP) is 4.37. The smallest absolute Gasteiger partial charge is 0.253 e. The predicted molar refractivity (Wildman–Crippen MR) is 136 cm³/mol. The van der Waals surface area contributed by atoms with Crippen LogP contribution in [0.1, 0.15) is 32.0 Å². The molecule has 5 aromatic rings. The summed E-state index contributed by atoms with van der Waals surface area (Å²) in [4.78, 5) is 32.1. The second-order valence-electron chi connectivity index (χ2n) is 8.62. The van der Waals surface area contributed by atoms with Gasteiger partial charge in [-0.25, -0.2) is 9.67 Å². The lowest BCUT2D eigenvalue weighted by Gasteiger charge is -2.12. The van der Waals surface area contributed by atoms with Crippen LogP contribution in [0.5, 0.6) is 0 Å². The van der Waals surface area contributed by atoms with E-state index in [1.54, 1.807) is 49.4 Å². The summed E-state index contributed by atoms with van der Waals surface area (Å²) in [6.45, 7) is 0.675. The maximum Gasteiger partial charge on any atom is 0.253 e. The first kappa shape index (κ1) is 23.0. The van der Waals surface area contributed by atoms with E-state index in [0.717, 1.165) is 16.9 Å². The first-order valence-electron chi connectivity index (χ1n) is 11.5. The Balaban J connectivity index is 1.47. The zero-order valence-electron chi connectivity index (χ0n) is 20.0. The van der Waals surface area contributed by atoms with E-state index in [1.807, 2.05) is 54.6 Å². The van der Waals surface area contributed by atoms with E-state index < -0.39 is 0 Å². The molecule has 5 rings (SSSR count). The fourth-order valence-corrected chi connectivity index (χ4v) is 4.01. The Labute approximate surface area is 208 Å². The van der Waals surface area contributed by atoms with Gasteiger partial charge in [0.15, 0.2) is 5.65 Å². The average Bonchev–Trinajstić information content (AvgIpc) is 3.57. The van der Waals surface area contributed by atoms with Gasteiger partial charge in [0.25, 0.3) is 11.8 Å². The van der Waals surface area contributed by atoms with Crippen molar-refractivity contribution in [2.75, 3.05) is 14.1 Å². The van der Waals surface area contributed by atoms with Crippen LogP contribution in [0.25, 0.3) is 22.3 Å². The number of carbonyl (C=O) groups excluding carboxylic acids is 2. The molecule has 8 nitrogen and oxygen atoms in total. The number of hydrogen-bond donors (Lipinski definition) is 1. The van der Waals surface area contributed by atoms with Gasteiger partial charge in [0.2, 0.25) is 0 Å². The van der Waals surface area contributed by atoms with E-state index in [-0.39, 0.29) is 18.4 Å². The largest absolute Gasteiger partial charge is 0.467 e. The minimum absolute atomic E-state index is 0.0875. The molecule has 0 atom stereocenters. The molecule has 2 aromatic carbocycles. The lowest BCUT2D eigenvalue weighted by Crippen LogP contribution is -2.24. The number of carbonyl (C=O) groups is 2. The van der Waals surface area contributed by atoms with Crippen LogP contribution in [0, 0.1) is 0 Å². The highest BCUT2D eigenvalue weighted by Crippen LogP contribution is 2.25.